The number of nitrogens with one attached hydrogen (secondary N) is 2. The Balaban J connectivity index is 0.00000139. The average Bonchev–Trinajstić information content (AvgIpc) is 2.91. The Hall–Kier alpha value is -1.60. The lowest BCUT2D eigenvalue weighted by Gasteiger charge is -2.20. The molecule has 1 aromatic rings. The largest absolute Gasteiger partial charge is 0.359 e. The third-order valence-electron chi connectivity index (χ3n) is 4.18. The number of benzene rings is 1. The molecular weight excluding hydrogens is 332 g/mol. The molecule has 0 aromatic heterocycles. The van der Waals surface area contributed by atoms with Crippen LogP contribution in [-0.2, 0) is 0 Å². The van der Waals surface area contributed by atoms with E-state index in [1.807, 2.05) is 13.0 Å². The quantitative estimate of drug-likeness (QED) is 0.728. The summed E-state index contributed by atoms with van der Waals surface area (Å²) in [6, 6.07) is 8.57. The molecule has 1 amide bonds. The predicted molar refractivity (Wildman–Crippen MR) is 96.1 cm³/mol. The number of rotatable bonds is 3. The first-order chi connectivity index (χ1) is 11.3. The Labute approximate surface area is 147 Å². The second-order valence-electron chi connectivity index (χ2n) is 6.00. The Morgan fingerprint density at radius 2 is 1.83 bits per heavy atom. The van der Waals surface area contributed by atoms with Crippen LogP contribution in [-0.4, -0.2) is 30.0 Å². The monoisotopic (exact) mass is 357 g/mol. The molecule has 4 N–H and O–H groups in total. The first kappa shape index (κ1) is 20.4. The molecule has 4 nitrogen and oxygen atoms in total. The minimum atomic E-state index is -2.68. The summed E-state index contributed by atoms with van der Waals surface area (Å²) in [6.07, 6.45) is 0.808. The molecular formula is C17H25F2N3OS. The van der Waals surface area contributed by atoms with Crippen molar-refractivity contribution in [2.24, 2.45) is 17.6 Å². The molecule has 7 heteroatoms. The molecule has 1 aliphatic rings. The van der Waals surface area contributed by atoms with E-state index in [9.17, 15) is 13.6 Å². The number of alkyl halides is 2. The first-order valence-corrected chi connectivity index (χ1v) is 8.30. The van der Waals surface area contributed by atoms with Crippen LogP contribution >= 0.6 is 12.2 Å². The number of nitrogens with two attached hydrogens (primary N) is 1. The van der Waals surface area contributed by atoms with Crippen LogP contribution in [0.15, 0.2) is 30.3 Å². The summed E-state index contributed by atoms with van der Waals surface area (Å²) in [7, 11) is 1.50. The van der Waals surface area contributed by atoms with Crippen LogP contribution in [0.1, 0.15) is 37.0 Å². The highest BCUT2D eigenvalue weighted by atomic mass is 32.1. The molecule has 0 bridgehead atoms. The maximum absolute atomic E-state index is 13.4. The minimum Gasteiger partial charge on any atom is -0.359 e. The van der Waals surface area contributed by atoms with Crippen LogP contribution < -0.4 is 16.4 Å². The van der Waals surface area contributed by atoms with E-state index in [1.165, 1.54) is 7.05 Å². The van der Waals surface area contributed by atoms with Crippen molar-refractivity contribution in [2.45, 2.75) is 38.7 Å². The van der Waals surface area contributed by atoms with Gasteiger partial charge in [0.05, 0.1) is 0 Å². The van der Waals surface area contributed by atoms with Crippen LogP contribution in [0.5, 0.6) is 0 Å². The first-order valence-electron chi connectivity index (χ1n) is 7.90. The van der Waals surface area contributed by atoms with Crippen molar-refractivity contribution in [1.29, 1.82) is 0 Å². The SMILES string of the molecule is CC1CC(C(C)(F)F)CC1NC(=S)NC(=O)c1ccccc1.CN. The van der Waals surface area contributed by atoms with Gasteiger partial charge in [-0.25, -0.2) is 8.78 Å². The fourth-order valence-corrected chi connectivity index (χ4v) is 3.08. The molecule has 1 aromatic carbocycles. The summed E-state index contributed by atoms with van der Waals surface area (Å²) in [5.74, 6) is -3.55. The number of amides is 1. The van der Waals surface area contributed by atoms with E-state index >= 15 is 0 Å². The van der Waals surface area contributed by atoms with E-state index in [0.717, 1.165) is 6.92 Å². The minimum absolute atomic E-state index is 0.0856. The fraction of sp³-hybridized carbons (Fsp3) is 0.529. The zero-order valence-electron chi connectivity index (χ0n) is 14.2. The summed E-state index contributed by atoms with van der Waals surface area (Å²) < 4.78 is 26.8. The molecule has 1 aliphatic carbocycles. The molecule has 0 spiro atoms. The van der Waals surface area contributed by atoms with Gasteiger partial charge in [-0.3, -0.25) is 10.1 Å². The van der Waals surface area contributed by atoms with E-state index in [-0.39, 0.29) is 23.0 Å². The molecule has 1 fully saturated rings. The molecule has 0 saturated heterocycles. The lowest BCUT2D eigenvalue weighted by Crippen LogP contribution is -2.45. The third kappa shape index (κ3) is 5.79. The zero-order chi connectivity index (χ0) is 18.3. The summed E-state index contributed by atoms with van der Waals surface area (Å²) in [4.78, 5) is 12.0. The van der Waals surface area contributed by atoms with Gasteiger partial charge in [-0.15, -0.1) is 0 Å². The van der Waals surface area contributed by atoms with Gasteiger partial charge in [-0.05, 0) is 57.1 Å². The van der Waals surface area contributed by atoms with Gasteiger partial charge in [0.25, 0.3) is 5.91 Å². The topological polar surface area (TPSA) is 67.1 Å². The molecule has 0 heterocycles. The molecule has 24 heavy (non-hydrogen) atoms. The Morgan fingerprint density at radius 3 is 2.33 bits per heavy atom. The lowest BCUT2D eigenvalue weighted by molar-refractivity contribution is -0.0383. The van der Waals surface area contributed by atoms with E-state index in [4.69, 9.17) is 12.2 Å². The fourth-order valence-electron chi connectivity index (χ4n) is 2.83. The molecule has 3 unspecified atom stereocenters. The molecule has 0 aliphatic heterocycles. The van der Waals surface area contributed by atoms with Gasteiger partial charge in [-0.2, -0.15) is 0 Å². The van der Waals surface area contributed by atoms with Crippen molar-refractivity contribution < 1.29 is 13.6 Å². The van der Waals surface area contributed by atoms with Gasteiger partial charge in [0.2, 0.25) is 5.92 Å². The van der Waals surface area contributed by atoms with Crippen molar-refractivity contribution in [2.75, 3.05) is 7.05 Å². The molecule has 0 radical (unpaired) electrons. The third-order valence-corrected chi connectivity index (χ3v) is 4.40. The van der Waals surface area contributed by atoms with Crippen molar-refractivity contribution in [3.05, 3.63) is 35.9 Å². The highest BCUT2D eigenvalue weighted by Crippen LogP contribution is 2.40. The Kier molecular flexibility index (Phi) is 7.69. The highest BCUT2D eigenvalue weighted by Gasteiger charge is 2.43. The second kappa shape index (κ2) is 9.03. The Morgan fingerprint density at radius 1 is 1.25 bits per heavy atom. The number of carbonyl (C=O) groups excluding carboxylic acids is 1. The summed E-state index contributed by atoms with van der Waals surface area (Å²) in [5.41, 5.74) is 5.00. The molecule has 3 atom stereocenters. The van der Waals surface area contributed by atoms with E-state index in [2.05, 4.69) is 16.4 Å². The van der Waals surface area contributed by atoms with Crippen molar-refractivity contribution in [3.63, 3.8) is 0 Å². The maximum atomic E-state index is 13.4. The predicted octanol–water partition coefficient (Wildman–Crippen LogP) is 2.94. The maximum Gasteiger partial charge on any atom is 0.257 e. The van der Waals surface area contributed by atoms with Gasteiger partial charge in [-0.1, -0.05) is 25.1 Å². The number of hydrogen-bond donors (Lipinski definition) is 3. The summed E-state index contributed by atoms with van der Waals surface area (Å²) >= 11 is 5.12. The second-order valence-corrected chi connectivity index (χ2v) is 6.41. The zero-order valence-corrected chi connectivity index (χ0v) is 15.0. The van der Waals surface area contributed by atoms with Gasteiger partial charge >= 0.3 is 0 Å². The van der Waals surface area contributed by atoms with Gasteiger partial charge < -0.3 is 11.1 Å². The smallest absolute Gasteiger partial charge is 0.257 e. The van der Waals surface area contributed by atoms with Crippen LogP contribution in [0, 0.1) is 11.8 Å². The van der Waals surface area contributed by atoms with Crippen LogP contribution in [0.25, 0.3) is 0 Å². The summed E-state index contributed by atoms with van der Waals surface area (Å²) in [5, 5.41) is 5.77. The van der Waals surface area contributed by atoms with Crippen molar-refractivity contribution in [3.8, 4) is 0 Å². The highest BCUT2D eigenvalue weighted by molar-refractivity contribution is 7.80. The van der Waals surface area contributed by atoms with Gasteiger partial charge in [0.15, 0.2) is 5.11 Å². The van der Waals surface area contributed by atoms with Crippen molar-refractivity contribution >= 4 is 23.2 Å². The summed E-state index contributed by atoms with van der Waals surface area (Å²) in [6.45, 7) is 2.88. The van der Waals surface area contributed by atoms with Gasteiger partial charge in [0, 0.05) is 17.5 Å². The lowest BCUT2D eigenvalue weighted by atomic mass is 10.0. The van der Waals surface area contributed by atoms with Crippen LogP contribution in [0.3, 0.4) is 0 Å². The standard InChI is InChI=1S/C16H20F2N2OS.CH5N/c1-10-8-12(16(2,17)18)9-13(10)19-15(22)20-14(21)11-6-4-3-5-7-11;1-2/h3-7,10,12-13H,8-9H2,1-2H3,(H2,19,20,21,22);2H2,1H3. The van der Waals surface area contributed by atoms with E-state index in [0.29, 0.717) is 18.4 Å². The molecule has 1 saturated carbocycles. The number of carbonyl (C=O) groups is 1. The van der Waals surface area contributed by atoms with Crippen LogP contribution in [0.4, 0.5) is 8.78 Å². The average molecular weight is 357 g/mol. The number of thiocarbonyl (C=S) groups is 1. The molecule has 2 rings (SSSR count). The normalized spacial score (nSPS) is 23.0. The van der Waals surface area contributed by atoms with Gasteiger partial charge in [0.1, 0.15) is 0 Å². The number of halogens is 2. The van der Waals surface area contributed by atoms with E-state index in [1.54, 1.807) is 24.3 Å². The van der Waals surface area contributed by atoms with Crippen LogP contribution in [0.2, 0.25) is 0 Å². The number of hydrogen-bond acceptors (Lipinski definition) is 3. The van der Waals surface area contributed by atoms with Crippen molar-refractivity contribution in [1.82, 2.24) is 10.6 Å². The molecule has 134 valence electrons. The van der Waals surface area contributed by atoms with E-state index < -0.39 is 11.8 Å². The Bertz CT molecular complexity index is 549.